The molecule has 4 rings (SSSR count). The van der Waals surface area contributed by atoms with Crippen LogP contribution in [0, 0.1) is 11.7 Å². The van der Waals surface area contributed by atoms with Crippen LogP contribution in [0.5, 0.6) is 0 Å². The van der Waals surface area contributed by atoms with E-state index in [0.29, 0.717) is 65.5 Å². The maximum Gasteiger partial charge on any atom is 0.241 e. The van der Waals surface area contributed by atoms with E-state index in [1.165, 1.54) is 18.2 Å². The van der Waals surface area contributed by atoms with Crippen LogP contribution in [0.25, 0.3) is 11.4 Å². The van der Waals surface area contributed by atoms with Gasteiger partial charge in [-0.15, -0.1) is 0 Å². The zero-order valence-electron chi connectivity index (χ0n) is 16.2. The zero-order valence-corrected chi connectivity index (χ0v) is 18.5. The molecule has 2 aromatic carbocycles. The molecule has 0 bridgehead atoms. The van der Waals surface area contributed by atoms with Gasteiger partial charge in [0.25, 0.3) is 0 Å². The highest BCUT2D eigenvalue weighted by Gasteiger charge is 2.26. The summed E-state index contributed by atoms with van der Waals surface area (Å²) in [5.74, 6) is 0.134. The molecule has 0 spiro atoms. The number of benzene rings is 2. The Morgan fingerprint density at radius 1 is 1.13 bits per heavy atom. The van der Waals surface area contributed by atoms with Gasteiger partial charge in [0.1, 0.15) is 5.82 Å². The summed E-state index contributed by atoms with van der Waals surface area (Å²) >= 11 is 17.9. The van der Waals surface area contributed by atoms with Gasteiger partial charge in [-0.3, -0.25) is 9.69 Å². The number of rotatable bonds is 5. The molecule has 1 aliphatic rings. The van der Waals surface area contributed by atoms with Crippen LogP contribution >= 0.6 is 34.8 Å². The van der Waals surface area contributed by atoms with Crippen molar-refractivity contribution < 1.29 is 13.7 Å². The summed E-state index contributed by atoms with van der Waals surface area (Å²) in [7, 11) is 0. The maximum atomic E-state index is 13.3. The summed E-state index contributed by atoms with van der Waals surface area (Å²) in [6, 6.07) is 9.23. The van der Waals surface area contributed by atoms with Crippen LogP contribution in [0.15, 0.2) is 40.9 Å². The topological polar surface area (TPSA) is 71.3 Å². The minimum Gasteiger partial charge on any atom is -0.338 e. The highest BCUT2D eigenvalue weighted by atomic mass is 35.5. The molecule has 1 fully saturated rings. The molecular formula is C21H18Cl3FN4O2. The van der Waals surface area contributed by atoms with Crippen LogP contribution in [-0.4, -0.2) is 34.0 Å². The number of halogens is 4. The summed E-state index contributed by atoms with van der Waals surface area (Å²) in [4.78, 5) is 19.1. The third-order valence-corrected chi connectivity index (χ3v) is 5.98. The minimum absolute atomic E-state index is 0.0218. The number of hydrogen-bond donors (Lipinski definition) is 1. The molecule has 0 saturated carbocycles. The summed E-state index contributed by atoms with van der Waals surface area (Å²) < 4.78 is 18.6. The van der Waals surface area contributed by atoms with Crippen molar-refractivity contribution in [3.8, 4) is 11.4 Å². The van der Waals surface area contributed by atoms with Gasteiger partial charge in [0.15, 0.2) is 0 Å². The lowest BCUT2D eigenvalue weighted by atomic mass is 9.96. The number of amides is 1. The number of carbonyl (C=O) groups is 1. The molecule has 0 aliphatic carbocycles. The molecule has 1 amide bonds. The van der Waals surface area contributed by atoms with Gasteiger partial charge in [-0.1, -0.05) is 40.0 Å². The molecule has 2 heterocycles. The zero-order chi connectivity index (χ0) is 22.0. The second-order valence-electron chi connectivity index (χ2n) is 7.30. The molecule has 31 heavy (non-hydrogen) atoms. The van der Waals surface area contributed by atoms with Crippen molar-refractivity contribution in [2.24, 2.45) is 5.92 Å². The first-order valence-corrected chi connectivity index (χ1v) is 10.8. The fraction of sp³-hybridized carbons (Fsp3) is 0.286. The fourth-order valence-corrected chi connectivity index (χ4v) is 4.14. The lowest BCUT2D eigenvalue weighted by Crippen LogP contribution is -2.37. The van der Waals surface area contributed by atoms with E-state index in [0.717, 1.165) is 0 Å². The van der Waals surface area contributed by atoms with Crippen molar-refractivity contribution in [1.82, 2.24) is 15.0 Å². The monoisotopic (exact) mass is 482 g/mol. The van der Waals surface area contributed by atoms with Gasteiger partial charge in [0.2, 0.25) is 17.6 Å². The largest absolute Gasteiger partial charge is 0.338 e. The van der Waals surface area contributed by atoms with Crippen molar-refractivity contribution in [3.05, 3.63) is 63.2 Å². The van der Waals surface area contributed by atoms with Gasteiger partial charge in [-0.2, -0.15) is 4.98 Å². The molecule has 1 aliphatic heterocycles. The standard InChI is InChI=1S/C21H18Cl3FN4O2/c22-13-1-3-15(16(23)9-13)20-27-19(31-28-20)11-29-7-5-12(6-8-29)21(30)26-14-2-4-18(25)17(24)10-14/h1-4,9-10,12H,5-8,11H2,(H,26,30). The Bertz CT molecular complexity index is 1100. The highest BCUT2D eigenvalue weighted by molar-refractivity contribution is 6.36. The summed E-state index contributed by atoms with van der Waals surface area (Å²) in [5.41, 5.74) is 1.13. The van der Waals surface area contributed by atoms with Crippen LogP contribution in [0.1, 0.15) is 18.7 Å². The quantitative estimate of drug-likeness (QED) is 0.505. The highest BCUT2D eigenvalue weighted by Crippen LogP contribution is 2.29. The molecule has 0 radical (unpaired) electrons. The Labute approximate surface area is 193 Å². The minimum atomic E-state index is -0.518. The first kappa shape index (κ1) is 22.0. The molecule has 1 saturated heterocycles. The first-order chi connectivity index (χ1) is 14.9. The van der Waals surface area contributed by atoms with E-state index in [1.54, 1.807) is 18.2 Å². The van der Waals surface area contributed by atoms with Crippen molar-refractivity contribution in [3.63, 3.8) is 0 Å². The van der Waals surface area contributed by atoms with Gasteiger partial charge < -0.3 is 9.84 Å². The van der Waals surface area contributed by atoms with Crippen molar-refractivity contribution in [1.29, 1.82) is 0 Å². The van der Waals surface area contributed by atoms with Crippen molar-refractivity contribution in [2.45, 2.75) is 19.4 Å². The van der Waals surface area contributed by atoms with Crippen molar-refractivity contribution in [2.75, 3.05) is 18.4 Å². The molecule has 3 aromatic rings. The summed E-state index contributed by atoms with van der Waals surface area (Å²) in [5, 5.41) is 7.77. The number of hydrogen-bond acceptors (Lipinski definition) is 5. The predicted octanol–water partition coefficient (Wildman–Crippen LogP) is 5.69. The number of piperidine rings is 1. The first-order valence-electron chi connectivity index (χ1n) is 9.65. The molecule has 6 nitrogen and oxygen atoms in total. The summed E-state index contributed by atoms with van der Waals surface area (Å²) in [6.45, 7) is 1.91. The Morgan fingerprint density at radius 3 is 2.61 bits per heavy atom. The van der Waals surface area contributed by atoms with E-state index >= 15 is 0 Å². The Morgan fingerprint density at radius 2 is 1.90 bits per heavy atom. The van der Waals surface area contributed by atoms with Gasteiger partial charge in [-0.05, 0) is 62.3 Å². The Hall–Kier alpha value is -2.19. The van der Waals surface area contributed by atoms with Crippen LogP contribution in [0.4, 0.5) is 10.1 Å². The molecule has 162 valence electrons. The third kappa shape index (κ3) is 5.36. The molecule has 1 N–H and O–H groups in total. The molecule has 0 atom stereocenters. The van der Waals surface area contributed by atoms with Crippen LogP contribution in [0.3, 0.4) is 0 Å². The third-order valence-electron chi connectivity index (χ3n) is 5.14. The molecule has 1 aromatic heterocycles. The second-order valence-corrected chi connectivity index (χ2v) is 8.56. The average Bonchev–Trinajstić information content (AvgIpc) is 3.19. The number of nitrogens with one attached hydrogen (secondary N) is 1. The van der Waals surface area contributed by atoms with E-state index in [-0.39, 0.29) is 16.8 Å². The van der Waals surface area contributed by atoms with Crippen molar-refractivity contribution >= 4 is 46.4 Å². The van der Waals surface area contributed by atoms with Crippen LogP contribution < -0.4 is 5.32 Å². The van der Waals surface area contributed by atoms with Gasteiger partial charge in [0, 0.05) is 22.2 Å². The number of carbonyl (C=O) groups excluding carboxylic acids is 1. The average molecular weight is 484 g/mol. The Kier molecular flexibility index (Phi) is 6.77. The number of likely N-dealkylation sites (tertiary alicyclic amines) is 1. The van der Waals surface area contributed by atoms with E-state index in [9.17, 15) is 9.18 Å². The number of anilines is 1. The van der Waals surface area contributed by atoms with E-state index in [2.05, 4.69) is 20.4 Å². The van der Waals surface area contributed by atoms with E-state index in [4.69, 9.17) is 39.3 Å². The van der Waals surface area contributed by atoms with Gasteiger partial charge in [-0.25, -0.2) is 4.39 Å². The molecule has 0 unspecified atom stereocenters. The number of nitrogens with zero attached hydrogens (tertiary/aromatic N) is 3. The maximum absolute atomic E-state index is 13.3. The SMILES string of the molecule is O=C(Nc1ccc(F)c(Cl)c1)C1CCN(Cc2nc(-c3ccc(Cl)cc3Cl)no2)CC1. The molecule has 10 heteroatoms. The van der Waals surface area contributed by atoms with E-state index in [1.807, 2.05) is 0 Å². The summed E-state index contributed by atoms with van der Waals surface area (Å²) in [6.07, 6.45) is 1.37. The fourth-order valence-electron chi connectivity index (χ4n) is 3.46. The second kappa shape index (κ2) is 9.53. The van der Waals surface area contributed by atoms with Gasteiger partial charge in [0.05, 0.1) is 16.6 Å². The lowest BCUT2D eigenvalue weighted by molar-refractivity contribution is -0.121. The predicted molar refractivity (Wildman–Crippen MR) is 118 cm³/mol. The van der Waals surface area contributed by atoms with Crippen LogP contribution in [-0.2, 0) is 11.3 Å². The number of aromatic nitrogens is 2. The van der Waals surface area contributed by atoms with E-state index < -0.39 is 5.82 Å². The smallest absolute Gasteiger partial charge is 0.241 e. The lowest BCUT2D eigenvalue weighted by Gasteiger charge is -2.30. The van der Waals surface area contributed by atoms with Gasteiger partial charge >= 0.3 is 0 Å². The van der Waals surface area contributed by atoms with Crippen LogP contribution in [0.2, 0.25) is 15.1 Å². The Balaban J connectivity index is 1.30. The normalized spacial score (nSPS) is 15.2. The molecular weight excluding hydrogens is 466 g/mol.